The lowest BCUT2D eigenvalue weighted by Gasteiger charge is -2.39. The van der Waals surface area contributed by atoms with Crippen LogP contribution in [0.25, 0.3) is 0 Å². The average Bonchev–Trinajstić information content (AvgIpc) is 2.43. The summed E-state index contributed by atoms with van der Waals surface area (Å²) in [5.74, 6) is 0.782. The van der Waals surface area contributed by atoms with Gasteiger partial charge in [0.25, 0.3) is 0 Å². The smallest absolute Gasteiger partial charge is 0.0169 e. The molecule has 1 unspecified atom stereocenters. The molecule has 21 heavy (non-hydrogen) atoms. The molecule has 1 saturated heterocycles. The lowest BCUT2D eigenvalue weighted by atomic mass is 9.75. The third-order valence-electron chi connectivity index (χ3n) is 5.15. The summed E-state index contributed by atoms with van der Waals surface area (Å²) in [6, 6.07) is 10.4. The highest BCUT2D eigenvalue weighted by molar-refractivity contribution is 5.27. The van der Waals surface area contributed by atoms with Crippen molar-refractivity contribution in [2.75, 3.05) is 19.6 Å². The van der Waals surface area contributed by atoms with Crippen molar-refractivity contribution >= 4 is 0 Å². The molecule has 2 nitrogen and oxygen atoms in total. The van der Waals surface area contributed by atoms with Gasteiger partial charge in [-0.25, -0.2) is 0 Å². The molecule has 2 aliphatic rings. The van der Waals surface area contributed by atoms with Crippen LogP contribution >= 0.6 is 0 Å². The van der Waals surface area contributed by atoms with E-state index in [1.807, 2.05) is 0 Å². The molecule has 3 rings (SSSR count). The number of benzene rings is 1. The van der Waals surface area contributed by atoms with Crippen LogP contribution in [0.2, 0.25) is 0 Å². The minimum atomic E-state index is 0.631. The Labute approximate surface area is 129 Å². The molecular formula is C19H30N2. The predicted octanol–water partition coefficient (Wildman–Crippen LogP) is 3.71. The van der Waals surface area contributed by atoms with Gasteiger partial charge in [-0.2, -0.15) is 0 Å². The highest BCUT2D eigenvalue weighted by Crippen LogP contribution is 2.37. The maximum Gasteiger partial charge on any atom is 0.0169 e. The van der Waals surface area contributed by atoms with Crippen LogP contribution in [0.5, 0.6) is 0 Å². The number of piperidine rings is 1. The second-order valence-electron chi connectivity index (χ2n) is 7.21. The van der Waals surface area contributed by atoms with Crippen LogP contribution in [0.4, 0.5) is 0 Å². The normalized spacial score (nSPS) is 28.1. The molecule has 0 bridgehead atoms. The quantitative estimate of drug-likeness (QED) is 0.888. The Bertz CT molecular complexity index is 445. The first-order valence-corrected chi connectivity index (χ1v) is 8.75. The number of likely N-dealkylation sites (tertiary alicyclic amines) is 1. The highest BCUT2D eigenvalue weighted by Gasteiger charge is 2.31. The van der Waals surface area contributed by atoms with Crippen LogP contribution in [-0.2, 0) is 0 Å². The van der Waals surface area contributed by atoms with E-state index in [1.165, 1.54) is 62.9 Å². The van der Waals surface area contributed by atoms with Crippen LogP contribution in [0, 0.1) is 6.92 Å². The van der Waals surface area contributed by atoms with Gasteiger partial charge in [0, 0.05) is 18.6 Å². The van der Waals surface area contributed by atoms with Crippen molar-refractivity contribution in [3.05, 3.63) is 35.4 Å². The monoisotopic (exact) mass is 286 g/mol. The number of rotatable bonds is 5. The van der Waals surface area contributed by atoms with Crippen LogP contribution in [0.3, 0.4) is 0 Å². The average molecular weight is 286 g/mol. The summed E-state index contributed by atoms with van der Waals surface area (Å²) in [7, 11) is 0. The first kappa shape index (κ1) is 15.1. The third-order valence-corrected chi connectivity index (χ3v) is 5.15. The van der Waals surface area contributed by atoms with Crippen molar-refractivity contribution in [2.45, 2.75) is 64.0 Å². The van der Waals surface area contributed by atoms with Gasteiger partial charge in [-0.15, -0.1) is 0 Å². The molecule has 0 amide bonds. The van der Waals surface area contributed by atoms with Gasteiger partial charge in [-0.1, -0.05) is 36.2 Å². The molecule has 1 saturated carbocycles. The molecule has 1 aliphatic carbocycles. The van der Waals surface area contributed by atoms with Gasteiger partial charge < -0.3 is 10.2 Å². The molecule has 2 heteroatoms. The largest absolute Gasteiger partial charge is 0.310 e. The second kappa shape index (κ2) is 6.93. The van der Waals surface area contributed by atoms with Crippen LogP contribution in [0.15, 0.2) is 24.3 Å². The number of nitrogens with zero attached hydrogens (tertiary/aromatic N) is 1. The Morgan fingerprint density at radius 1 is 1.19 bits per heavy atom. The number of hydrogen-bond acceptors (Lipinski definition) is 2. The number of aryl methyl sites for hydroxylation is 1. The van der Waals surface area contributed by atoms with Gasteiger partial charge in [0.15, 0.2) is 0 Å². The van der Waals surface area contributed by atoms with E-state index in [0.29, 0.717) is 6.04 Å². The molecule has 1 atom stereocenters. The zero-order valence-electron chi connectivity index (χ0n) is 13.6. The molecule has 0 spiro atoms. The molecule has 1 N–H and O–H groups in total. The van der Waals surface area contributed by atoms with E-state index >= 15 is 0 Å². The maximum atomic E-state index is 3.84. The van der Waals surface area contributed by atoms with E-state index in [0.717, 1.165) is 12.0 Å². The van der Waals surface area contributed by atoms with E-state index < -0.39 is 0 Å². The van der Waals surface area contributed by atoms with E-state index in [4.69, 9.17) is 0 Å². The Morgan fingerprint density at radius 2 is 1.95 bits per heavy atom. The molecule has 1 aliphatic heterocycles. The fourth-order valence-corrected chi connectivity index (χ4v) is 3.93. The number of nitrogens with one attached hydrogen (secondary N) is 1. The second-order valence-corrected chi connectivity index (χ2v) is 7.21. The lowest BCUT2D eigenvalue weighted by molar-refractivity contribution is 0.187. The SMILES string of the molecule is Cc1cccc(C2CC(NC(C)CN3CCCCC3)C2)c1. The van der Waals surface area contributed by atoms with Gasteiger partial charge >= 0.3 is 0 Å². The lowest BCUT2D eigenvalue weighted by Crippen LogP contribution is -2.49. The van der Waals surface area contributed by atoms with E-state index in [-0.39, 0.29) is 0 Å². The molecule has 0 aromatic heterocycles. The van der Waals surface area contributed by atoms with Gasteiger partial charge in [-0.05, 0) is 64.1 Å². The molecule has 0 radical (unpaired) electrons. The van der Waals surface area contributed by atoms with Crippen LogP contribution in [0.1, 0.15) is 56.1 Å². The number of hydrogen-bond donors (Lipinski definition) is 1. The maximum absolute atomic E-state index is 3.84. The predicted molar refractivity (Wildman–Crippen MR) is 89.8 cm³/mol. The Morgan fingerprint density at radius 3 is 2.67 bits per heavy atom. The van der Waals surface area contributed by atoms with E-state index in [2.05, 4.69) is 48.3 Å². The summed E-state index contributed by atoms with van der Waals surface area (Å²) in [5.41, 5.74) is 2.93. The first-order chi connectivity index (χ1) is 10.2. The van der Waals surface area contributed by atoms with E-state index in [9.17, 15) is 0 Å². The van der Waals surface area contributed by atoms with Crippen molar-refractivity contribution in [3.8, 4) is 0 Å². The summed E-state index contributed by atoms with van der Waals surface area (Å²) >= 11 is 0. The molecule has 116 valence electrons. The highest BCUT2D eigenvalue weighted by atomic mass is 15.2. The molecular weight excluding hydrogens is 256 g/mol. The van der Waals surface area contributed by atoms with Crippen molar-refractivity contribution in [2.24, 2.45) is 0 Å². The third kappa shape index (κ3) is 4.08. The van der Waals surface area contributed by atoms with Gasteiger partial charge in [0.2, 0.25) is 0 Å². The topological polar surface area (TPSA) is 15.3 Å². The molecule has 1 heterocycles. The molecule has 1 aromatic rings. The molecule has 2 fully saturated rings. The zero-order valence-corrected chi connectivity index (χ0v) is 13.6. The van der Waals surface area contributed by atoms with Gasteiger partial charge in [0.1, 0.15) is 0 Å². The Hall–Kier alpha value is -0.860. The van der Waals surface area contributed by atoms with Crippen molar-refractivity contribution in [3.63, 3.8) is 0 Å². The van der Waals surface area contributed by atoms with Crippen molar-refractivity contribution in [1.82, 2.24) is 10.2 Å². The van der Waals surface area contributed by atoms with Crippen molar-refractivity contribution < 1.29 is 0 Å². The summed E-state index contributed by atoms with van der Waals surface area (Å²) < 4.78 is 0. The fraction of sp³-hybridized carbons (Fsp3) is 0.684. The standard InChI is InChI=1S/C19H30N2/c1-15-7-6-8-17(11-15)18-12-19(13-18)20-16(2)14-21-9-4-3-5-10-21/h6-8,11,16,18-20H,3-5,9-10,12-14H2,1-2H3. The Kier molecular flexibility index (Phi) is 4.97. The Balaban J connectivity index is 1.40. The summed E-state index contributed by atoms with van der Waals surface area (Å²) in [4.78, 5) is 2.64. The van der Waals surface area contributed by atoms with Crippen LogP contribution < -0.4 is 5.32 Å². The zero-order chi connectivity index (χ0) is 14.7. The van der Waals surface area contributed by atoms with Gasteiger partial charge in [0.05, 0.1) is 0 Å². The van der Waals surface area contributed by atoms with E-state index in [1.54, 1.807) is 0 Å². The fourth-order valence-electron chi connectivity index (χ4n) is 3.93. The first-order valence-electron chi connectivity index (χ1n) is 8.75. The summed E-state index contributed by atoms with van der Waals surface area (Å²) in [5, 5.41) is 3.84. The van der Waals surface area contributed by atoms with Crippen LogP contribution in [-0.4, -0.2) is 36.6 Å². The summed E-state index contributed by atoms with van der Waals surface area (Å²) in [6.45, 7) is 8.39. The minimum Gasteiger partial charge on any atom is -0.310 e. The molecule has 1 aromatic carbocycles. The minimum absolute atomic E-state index is 0.631. The summed E-state index contributed by atoms with van der Waals surface area (Å²) in [6.07, 6.45) is 6.85. The van der Waals surface area contributed by atoms with Gasteiger partial charge in [-0.3, -0.25) is 0 Å². The van der Waals surface area contributed by atoms with Crippen molar-refractivity contribution in [1.29, 1.82) is 0 Å².